The van der Waals surface area contributed by atoms with E-state index in [1.807, 2.05) is 54.6 Å². The van der Waals surface area contributed by atoms with Gasteiger partial charge in [0.1, 0.15) is 28.8 Å². The van der Waals surface area contributed by atoms with Gasteiger partial charge in [-0.05, 0) is 91.0 Å². The van der Waals surface area contributed by atoms with Gasteiger partial charge < -0.3 is 34.1 Å². The molecule has 4 aliphatic rings. The van der Waals surface area contributed by atoms with Crippen molar-refractivity contribution in [1.82, 2.24) is 9.80 Å². The van der Waals surface area contributed by atoms with Gasteiger partial charge in [0.15, 0.2) is 11.5 Å². The zero-order valence-electron chi connectivity index (χ0n) is 26.2. The SMILES string of the molecule is COC1=CN(C=O)C2Cc3ccc(cc3)Oc3cc(ccc3O)CC3c4c(cc(OC)c(c4O)-c4cc2c1cc4OC)CCN3C. The third-order valence-electron chi connectivity index (χ3n) is 9.48. The molecule has 236 valence electrons. The minimum atomic E-state index is -0.382. The quantitative estimate of drug-likeness (QED) is 0.254. The van der Waals surface area contributed by atoms with Crippen molar-refractivity contribution in [2.24, 2.45) is 0 Å². The van der Waals surface area contributed by atoms with Crippen molar-refractivity contribution in [2.45, 2.75) is 31.3 Å². The van der Waals surface area contributed by atoms with Crippen LogP contribution in [0.3, 0.4) is 0 Å². The molecule has 1 amide bonds. The summed E-state index contributed by atoms with van der Waals surface area (Å²) in [5.41, 5.74) is 6.56. The fraction of sp³-hybridized carbons (Fsp3) is 0.270. The smallest absolute Gasteiger partial charge is 0.214 e. The predicted octanol–water partition coefficient (Wildman–Crippen LogP) is 6.36. The van der Waals surface area contributed by atoms with Crippen LogP contribution in [0.5, 0.6) is 34.5 Å². The molecule has 0 fully saturated rings. The molecule has 46 heavy (non-hydrogen) atoms. The lowest BCUT2D eigenvalue weighted by Gasteiger charge is -2.37. The summed E-state index contributed by atoms with van der Waals surface area (Å²) in [6, 6.07) is 18.4. The summed E-state index contributed by atoms with van der Waals surface area (Å²) >= 11 is 0. The molecule has 0 saturated heterocycles. The number of methoxy groups -OCH3 is 3. The van der Waals surface area contributed by atoms with E-state index >= 15 is 0 Å². The van der Waals surface area contributed by atoms with Gasteiger partial charge in [-0.2, -0.15) is 0 Å². The summed E-state index contributed by atoms with van der Waals surface area (Å²) in [7, 11) is 6.83. The molecule has 4 aliphatic heterocycles. The van der Waals surface area contributed by atoms with Crippen molar-refractivity contribution in [3.63, 3.8) is 0 Å². The summed E-state index contributed by atoms with van der Waals surface area (Å²) in [5.74, 6) is 2.69. The van der Waals surface area contributed by atoms with Gasteiger partial charge in [-0.15, -0.1) is 0 Å². The second kappa shape index (κ2) is 11.7. The Morgan fingerprint density at radius 3 is 2.30 bits per heavy atom. The molecule has 4 aromatic carbocycles. The van der Waals surface area contributed by atoms with E-state index in [4.69, 9.17) is 18.9 Å². The Labute approximate surface area is 267 Å². The average molecular weight is 621 g/mol. The number of phenols is 2. The monoisotopic (exact) mass is 620 g/mol. The van der Waals surface area contributed by atoms with Crippen LogP contribution < -0.4 is 14.2 Å². The number of hydrogen-bond acceptors (Lipinski definition) is 8. The number of aromatic hydroxyl groups is 2. The van der Waals surface area contributed by atoms with E-state index in [9.17, 15) is 15.0 Å². The normalized spacial score (nSPS) is 18.5. The van der Waals surface area contributed by atoms with Crippen LogP contribution in [-0.2, 0) is 28.8 Å². The predicted molar refractivity (Wildman–Crippen MR) is 173 cm³/mol. The number of carbonyl (C=O) groups excluding carboxylic acids is 1. The molecule has 4 aromatic rings. The van der Waals surface area contributed by atoms with Crippen molar-refractivity contribution in [3.8, 4) is 45.6 Å². The highest BCUT2D eigenvalue weighted by Crippen LogP contribution is 2.52. The zero-order valence-corrected chi connectivity index (χ0v) is 26.2. The van der Waals surface area contributed by atoms with Crippen LogP contribution in [0.1, 0.15) is 45.5 Å². The summed E-state index contributed by atoms with van der Waals surface area (Å²) in [5, 5.41) is 23.0. The lowest BCUT2D eigenvalue weighted by molar-refractivity contribution is -0.117. The van der Waals surface area contributed by atoms with Gasteiger partial charge in [-0.3, -0.25) is 9.69 Å². The molecule has 4 heterocycles. The average Bonchev–Trinajstić information content (AvgIpc) is 3.07. The third kappa shape index (κ3) is 4.87. The number of rotatable bonds is 4. The van der Waals surface area contributed by atoms with Gasteiger partial charge in [-0.25, -0.2) is 0 Å². The van der Waals surface area contributed by atoms with Gasteiger partial charge in [-0.1, -0.05) is 18.2 Å². The molecule has 9 nitrogen and oxygen atoms in total. The molecule has 2 N–H and O–H groups in total. The first-order valence-electron chi connectivity index (χ1n) is 15.3. The van der Waals surface area contributed by atoms with Crippen LogP contribution in [0.4, 0.5) is 0 Å². The Kier molecular flexibility index (Phi) is 7.49. The lowest BCUT2D eigenvalue weighted by atomic mass is 9.83. The maximum absolute atomic E-state index is 12.5. The number of amides is 1. The number of fused-ring (bicyclic) bond motifs is 2. The van der Waals surface area contributed by atoms with Gasteiger partial charge >= 0.3 is 0 Å². The third-order valence-corrected chi connectivity index (χ3v) is 9.48. The minimum absolute atomic E-state index is 0.0391. The van der Waals surface area contributed by atoms with Crippen LogP contribution in [-0.4, -0.2) is 61.3 Å². The molecule has 8 bridgehead atoms. The van der Waals surface area contributed by atoms with Gasteiger partial charge in [0, 0.05) is 35.5 Å². The Balaban J connectivity index is 1.52. The molecule has 9 heteroatoms. The Morgan fingerprint density at radius 2 is 1.59 bits per heavy atom. The maximum atomic E-state index is 12.5. The van der Waals surface area contributed by atoms with E-state index in [1.54, 1.807) is 38.5 Å². The van der Waals surface area contributed by atoms with Crippen LogP contribution in [0, 0.1) is 0 Å². The van der Waals surface area contributed by atoms with E-state index in [0.29, 0.717) is 52.7 Å². The molecule has 0 aromatic heterocycles. The maximum Gasteiger partial charge on any atom is 0.214 e. The van der Waals surface area contributed by atoms with E-state index in [-0.39, 0.29) is 23.6 Å². The summed E-state index contributed by atoms with van der Waals surface area (Å²) in [6.45, 7) is 0.797. The van der Waals surface area contributed by atoms with Crippen molar-refractivity contribution >= 4 is 12.2 Å². The number of ether oxygens (including phenoxy) is 4. The van der Waals surface area contributed by atoms with Crippen molar-refractivity contribution < 1.29 is 34.0 Å². The summed E-state index contributed by atoms with van der Waals surface area (Å²) < 4.78 is 23.8. The number of hydrogen-bond donors (Lipinski definition) is 2. The Hall–Kier alpha value is -5.15. The molecule has 0 spiro atoms. The summed E-state index contributed by atoms with van der Waals surface area (Å²) in [4.78, 5) is 16.3. The highest BCUT2D eigenvalue weighted by atomic mass is 16.5. The number of benzene rings is 4. The lowest BCUT2D eigenvalue weighted by Crippen LogP contribution is -2.33. The molecular weight excluding hydrogens is 584 g/mol. The molecule has 8 rings (SSSR count). The van der Waals surface area contributed by atoms with Crippen LogP contribution in [0.2, 0.25) is 0 Å². The molecule has 2 atom stereocenters. The largest absolute Gasteiger partial charge is 0.507 e. The summed E-state index contributed by atoms with van der Waals surface area (Å²) in [6.07, 6.45) is 4.30. The number of phenolic OH excluding ortho intramolecular Hbond substituents is 2. The molecule has 0 radical (unpaired) electrons. The first-order valence-corrected chi connectivity index (χ1v) is 15.3. The van der Waals surface area contributed by atoms with E-state index in [0.717, 1.165) is 52.8 Å². The standard InChI is InChI=1S/C37H36N2O7/c1-38-12-11-23-16-33(44-3)36-27-17-25-26(18-31(27)43-2)34(45-4)19-39(20-40)28(25)13-21-5-8-24(9-6-21)46-32-15-22(7-10-30(32)41)14-29(38)35(23)37(36)42/h5-10,15-20,28-29,41-42H,11-14H2,1-4H3. The van der Waals surface area contributed by atoms with Gasteiger partial charge in [0.25, 0.3) is 0 Å². The fourth-order valence-electron chi connectivity index (χ4n) is 7.06. The number of nitrogens with zero attached hydrogens (tertiary/aromatic N) is 2. The molecule has 2 unspecified atom stereocenters. The topological polar surface area (TPSA) is 101 Å². The van der Waals surface area contributed by atoms with Crippen molar-refractivity contribution in [1.29, 1.82) is 0 Å². The second-order valence-corrected chi connectivity index (χ2v) is 12.0. The zero-order chi connectivity index (χ0) is 32.1. The van der Waals surface area contributed by atoms with Crippen molar-refractivity contribution in [2.75, 3.05) is 34.9 Å². The highest BCUT2D eigenvalue weighted by Gasteiger charge is 2.35. The van der Waals surface area contributed by atoms with E-state index < -0.39 is 0 Å². The van der Waals surface area contributed by atoms with Gasteiger partial charge in [0.05, 0.1) is 32.9 Å². The Morgan fingerprint density at radius 1 is 0.848 bits per heavy atom. The fourth-order valence-corrected chi connectivity index (χ4v) is 7.06. The van der Waals surface area contributed by atoms with E-state index in [1.165, 1.54) is 0 Å². The molecule has 0 aliphatic carbocycles. The van der Waals surface area contributed by atoms with Crippen LogP contribution >= 0.6 is 0 Å². The highest BCUT2D eigenvalue weighted by molar-refractivity contribution is 5.86. The molecular formula is C37H36N2O7. The first-order chi connectivity index (χ1) is 22.3. The molecule has 0 saturated carbocycles. The second-order valence-electron chi connectivity index (χ2n) is 12.0. The van der Waals surface area contributed by atoms with Crippen LogP contribution in [0.25, 0.3) is 16.9 Å². The number of likely N-dealkylation sites (N-methyl/N-ethyl adjacent to an activating group) is 1. The first kappa shape index (κ1) is 29.6. The van der Waals surface area contributed by atoms with Crippen LogP contribution in [0.15, 0.2) is 66.9 Å². The Bertz CT molecular complexity index is 1870. The van der Waals surface area contributed by atoms with E-state index in [2.05, 4.69) is 11.9 Å². The van der Waals surface area contributed by atoms with Crippen molar-refractivity contribution in [3.05, 3.63) is 100 Å². The number of carbonyl (C=O) groups is 1. The minimum Gasteiger partial charge on any atom is -0.507 e. The van der Waals surface area contributed by atoms with Gasteiger partial charge in [0.2, 0.25) is 6.41 Å².